The number of aliphatic hydroxyl groups is 1. The first kappa shape index (κ1) is 15.7. The fourth-order valence-electron chi connectivity index (χ4n) is 2.14. The van der Waals surface area contributed by atoms with Crippen LogP contribution in [0.25, 0.3) is 0 Å². The molecule has 0 aromatic heterocycles. The van der Waals surface area contributed by atoms with Gasteiger partial charge in [0.05, 0.1) is 6.04 Å². The van der Waals surface area contributed by atoms with E-state index >= 15 is 0 Å². The number of aliphatic hydroxyl groups excluding tert-OH is 1. The number of hydrogen-bond acceptors (Lipinski definition) is 4. The van der Waals surface area contributed by atoms with Crippen LogP contribution in [0, 0.1) is 5.92 Å². The van der Waals surface area contributed by atoms with Gasteiger partial charge in [-0.3, -0.25) is 4.84 Å². The van der Waals surface area contributed by atoms with Crippen molar-refractivity contribution in [2.24, 2.45) is 5.92 Å². The van der Waals surface area contributed by atoms with Gasteiger partial charge in [-0.1, -0.05) is 44.2 Å². The highest BCUT2D eigenvalue weighted by atomic mass is 19.1. The number of halogens is 1. The molecule has 0 aliphatic carbocycles. The maximum atomic E-state index is 14.0. The number of nitrogens with zero attached hydrogens (tertiary/aromatic N) is 1. The molecule has 3 atom stereocenters. The maximum Gasteiger partial charge on any atom is 0.434 e. The summed E-state index contributed by atoms with van der Waals surface area (Å²) in [7, 11) is 0. The molecule has 1 fully saturated rings. The van der Waals surface area contributed by atoms with Crippen LogP contribution in [-0.2, 0) is 9.57 Å². The van der Waals surface area contributed by atoms with Gasteiger partial charge in [0, 0.05) is 0 Å². The fraction of sp³-hybridized carbons (Fsp3) is 0.533. The molecule has 1 aliphatic rings. The van der Waals surface area contributed by atoms with Gasteiger partial charge in [-0.25, -0.2) is 9.18 Å². The zero-order valence-electron chi connectivity index (χ0n) is 12.1. The van der Waals surface area contributed by atoms with Crippen LogP contribution >= 0.6 is 0 Å². The smallest absolute Gasteiger partial charge is 0.434 e. The molecule has 6 heteroatoms. The lowest BCUT2D eigenvalue weighted by Gasteiger charge is -2.25. The lowest BCUT2D eigenvalue weighted by atomic mass is 10.1. The first-order chi connectivity index (χ1) is 10.0. The second kappa shape index (κ2) is 6.87. The Morgan fingerprint density at radius 3 is 2.71 bits per heavy atom. The molecule has 0 saturated carbocycles. The normalized spacial score (nSPS) is 21.5. The van der Waals surface area contributed by atoms with E-state index in [0.29, 0.717) is 5.56 Å². The Balaban J connectivity index is 1.91. The average Bonchev–Trinajstić information content (AvgIpc) is 2.86. The molecule has 0 radical (unpaired) electrons. The monoisotopic (exact) mass is 297 g/mol. The van der Waals surface area contributed by atoms with E-state index < -0.39 is 25.0 Å². The quantitative estimate of drug-likeness (QED) is 0.876. The standard InChI is InChI=1S/C15H20FNO4/c1-10(2)13-9-20-15(19)17(13)21-8-12(16)14(18)11-6-4-3-5-7-11/h3-7,10,12-14,18H,8-9H2,1-2H3/t12-,13-,14+/m1/s1. The van der Waals surface area contributed by atoms with Crippen molar-refractivity contribution in [3.63, 3.8) is 0 Å². The zero-order chi connectivity index (χ0) is 15.4. The van der Waals surface area contributed by atoms with E-state index in [1.165, 1.54) is 0 Å². The van der Waals surface area contributed by atoms with Crippen molar-refractivity contribution < 1.29 is 23.9 Å². The molecule has 1 heterocycles. The average molecular weight is 297 g/mol. The van der Waals surface area contributed by atoms with Gasteiger partial charge in [-0.2, -0.15) is 5.06 Å². The third kappa shape index (κ3) is 3.71. The molecular weight excluding hydrogens is 277 g/mol. The number of hydrogen-bond donors (Lipinski definition) is 1. The van der Waals surface area contributed by atoms with E-state index in [4.69, 9.17) is 9.57 Å². The summed E-state index contributed by atoms with van der Waals surface area (Å²) >= 11 is 0. The first-order valence-corrected chi connectivity index (χ1v) is 6.96. The molecule has 116 valence electrons. The lowest BCUT2D eigenvalue weighted by molar-refractivity contribution is -0.161. The molecule has 5 nitrogen and oxygen atoms in total. The van der Waals surface area contributed by atoms with Gasteiger partial charge in [-0.05, 0) is 11.5 Å². The summed E-state index contributed by atoms with van der Waals surface area (Å²) in [5.41, 5.74) is 0.470. The molecule has 0 unspecified atom stereocenters. The van der Waals surface area contributed by atoms with Gasteiger partial charge in [0.15, 0.2) is 6.17 Å². The Hall–Kier alpha value is -1.66. The SMILES string of the molecule is CC(C)[C@H]1COC(=O)N1OC[C@@H](F)[C@@H](O)c1ccccc1. The van der Waals surface area contributed by atoms with E-state index in [2.05, 4.69) is 0 Å². The van der Waals surface area contributed by atoms with Crippen LogP contribution in [0.2, 0.25) is 0 Å². The zero-order valence-corrected chi connectivity index (χ0v) is 12.1. The van der Waals surface area contributed by atoms with Crippen molar-refractivity contribution in [1.82, 2.24) is 5.06 Å². The van der Waals surface area contributed by atoms with Crippen molar-refractivity contribution >= 4 is 6.09 Å². The van der Waals surface area contributed by atoms with Crippen LogP contribution in [0.15, 0.2) is 30.3 Å². The van der Waals surface area contributed by atoms with Crippen molar-refractivity contribution in [2.45, 2.75) is 32.2 Å². The number of ether oxygens (including phenoxy) is 1. The molecule has 1 amide bonds. The van der Waals surface area contributed by atoms with Crippen LogP contribution in [0.5, 0.6) is 0 Å². The summed E-state index contributed by atoms with van der Waals surface area (Å²) in [5.74, 6) is 0.133. The number of carbonyl (C=O) groups is 1. The van der Waals surface area contributed by atoms with Gasteiger partial charge < -0.3 is 9.84 Å². The summed E-state index contributed by atoms with van der Waals surface area (Å²) in [6.45, 7) is 3.67. The highest BCUT2D eigenvalue weighted by Gasteiger charge is 2.37. The molecule has 21 heavy (non-hydrogen) atoms. The summed E-state index contributed by atoms with van der Waals surface area (Å²) in [4.78, 5) is 16.8. The van der Waals surface area contributed by atoms with E-state index in [0.717, 1.165) is 5.06 Å². The maximum absolute atomic E-state index is 14.0. The summed E-state index contributed by atoms with van der Waals surface area (Å²) in [6.07, 6.45) is -3.54. The minimum Gasteiger partial charge on any atom is -0.446 e. The Morgan fingerprint density at radius 1 is 1.43 bits per heavy atom. The predicted molar refractivity (Wildman–Crippen MR) is 74.1 cm³/mol. The van der Waals surface area contributed by atoms with Crippen molar-refractivity contribution in [2.75, 3.05) is 13.2 Å². The Bertz CT molecular complexity index is 468. The van der Waals surface area contributed by atoms with Crippen LogP contribution in [0.3, 0.4) is 0 Å². The minimum absolute atomic E-state index is 0.133. The third-order valence-electron chi connectivity index (χ3n) is 3.48. The Morgan fingerprint density at radius 2 is 2.10 bits per heavy atom. The van der Waals surface area contributed by atoms with Crippen molar-refractivity contribution in [3.8, 4) is 0 Å². The second-order valence-electron chi connectivity index (χ2n) is 5.38. The number of alkyl halides is 1. The predicted octanol–water partition coefficient (Wildman–Crippen LogP) is 2.47. The summed E-state index contributed by atoms with van der Waals surface area (Å²) in [5, 5.41) is 11.0. The summed E-state index contributed by atoms with van der Waals surface area (Å²) < 4.78 is 18.9. The van der Waals surface area contributed by atoms with Gasteiger partial charge >= 0.3 is 6.09 Å². The van der Waals surface area contributed by atoms with Crippen molar-refractivity contribution in [1.29, 1.82) is 0 Å². The lowest BCUT2D eigenvalue weighted by Crippen LogP contribution is -2.39. The van der Waals surface area contributed by atoms with E-state index in [1.54, 1.807) is 30.3 Å². The van der Waals surface area contributed by atoms with Crippen LogP contribution in [-0.4, -0.2) is 41.7 Å². The van der Waals surface area contributed by atoms with Crippen molar-refractivity contribution in [3.05, 3.63) is 35.9 Å². The molecule has 2 rings (SSSR count). The van der Waals surface area contributed by atoms with Gasteiger partial charge in [0.2, 0.25) is 0 Å². The van der Waals surface area contributed by atoms with E-state index in [9.17, 15) is 14.3 Å². The minimum atomic E-state index is -1.63. The molecule has 1 aromatic carbocycles. The number of benzene rings is 1. The largest absolute Gasteiger partial charge is 0.446 e. The molecular formula is C15H20FNO4. The fourth-order valence-corrected chi connectivity index (χ4v) is 2.14. The molecule has 1 saturated heterocycles. The third-order valence-corrected chi connectivity index (χ3v) is 3.48. The number of hydroxylamine groups is 2. The van der Waals surface area contributed by atoms with Gasteiger partial charge in [-0.15, -0.1) is 0 Å². The van der Waals surface area contributed by atoms with Gasteiger partial charge in [0.25, 0.3) is 0 Å². The topological polar surface area (TPSA) is 59.0 Å². The highest BCUT2D eigenvalue weighted by molar-refractivity contribution is 5.68. The first-order valence-electron chi connectivity index (χ1n) is 6.96. The molecule has 1 N–H and O–H groups in total. The molecule has 0 spiro atoms. The number of cyclic esters (lactones) is 1. The molecule has 0 bridgehead atoms. The Kier molecular flexibility index (Phi) is 5.14. The number of rotatable bonds is 6. The highest BCUT2D eigenvalue weighted by Crippen LogP contribution is 2.23. The second-order valence-corrected chi connectivity index (χ2v) is 5.38. The van der Waals surface area contributed by atoms with Crippen LogP contribution in [0.4, 0.5) is 9.18 Å². The Labute approximate surface area is 123 Å². The summed E-state index contributed by atoms with van der Waals surface area (Å²) in [6, 6.07) is 8.26. The van der Waals surface area contributed by atoms with E-state index in [1.807, 2.05) is 13.8 Å². The number of amides is 1. The number of carbonyl (C=O) groups excluding carboxylic acids is 1. The van der Waals surface area contributed by atoms with Crippen LogP contribution < -0.4 is 0 Å². The molecule has 1 aliphatic heterocycles. The van der Waals surface area contributed by atoms with Crippen LogP contribution in [0.1, 0.15) is 25.5 Å². The molecule has 1 aromatic rings. The van der Waals surface area contributed by atoms with E-state index in [-0.39, 0.29) is 18.6 Å². The van der Waals surface area contributed by atoms with Gasteiger partial charge in [0.1, 0.15) is 19.3 Å².